The van der Waals surface area contributed by atoms with Crippen LogP contribution in [0.1, 0.15) is 23.1 Å². The molecule has 1 aromatic heterocycles. The van der Waals surface area contributed by atoms with Crippen LogP contribution in [0.4, 0.5) is 5.69 Å². The Morgan fingerprint density at radius 1 is 1.26 bits per heavy atom. The largest absolute Gasteiger partial charge is 0.397 e. The molecule has 5 nitrogen and oxygen atoms in total. The normalized spacial score (nSPS) is 11.0. The minimum Gasteiger partial charge on any atom is -0.397 e. The molecule has 0 aliphatic rings. The van der Waals surface area contributed by atoms with Crippen molar-refractivity contribution in [2.24, 2.45) is 0 Å². The summed E-state index contributed by atoms with van der Waals surface area (Å²) < 4.78 is 1.85. The fourth-order valence-electron chi connectivity index (χ4n) is 2.93. The van der Waals surface area contributed by atoms with Crippen LogP contribution >= 0.6 is 0 Å². The molecular formula is C22H24N4O. The van der Waals surface area contributed by atoms with Gasteiger partial charge in [-0.05, 0) is 54.7 Å². The molecule has 0 radical (unpaired) electrons. The van der Waals surface area contributed by atoms with Crippen LogP contribution in [0.25, 0.3) is 11.8 Å². The minimum atomic E-state index is -0.1000. The van der Waals surface area contributed by atoms with Gasteiger partial charge in [0.05, 0.1) is 17.7 Å². The molecule has 0 spiro atoms. The number of rotatable bonds is 7. The number of hydrogen-bond donors (Lipinski definition) is 2. The summed E-state index contributed by atoms with van der Waals surface area (Å²) in [5, 5.41) is 2.92. The van der Waals surface area contributed by atoms with Crippen molar-refractivity contribution in [2.75, 3.05) is 12.3 Å². The SMILES string of the molecule is Cc1ccccc1CCCNC(=O)/C=C/c1ccc(-n2ccnc2)c(N)c1. The second-order valence-electron chi connectivity index (χ2n) is 6.44. The molecule has 0 saturated heterocycles. The number of amides is 1. The highest BCUT2D eigenvalue weighted by Gasteiger charge is 2.02. The van der Waals surface area contributed by atoms with E-state index >= 15 is 0 Å². The molecule has 0 atom stereocenters. The van der Waals surface area contributed by atoms with E-state index in [1.807, 2.05) is 41.1 Å². The predicted octanol–water partition coefficient (Wildman–Crippen LogP) is 3.53. The van der Waals surface area contributed by atoms with E-state index in [9.17, 15) is 4.79 Å². The van der Waals surface area contributed by atoms with E-state index in [0.29, 0.717) is 12.2 Å². The van der Waals surface area contributed by atoms with Gasteiger partial charge in [0.25, 0.3) is 0 Å². The van der Waals surface area contributed by atoms with Crippen LogP contribution in [-0.4, -0.2) is 22.0 Å². The van der Waals surface area contributed by atoms with E-state index in [2.05, 4.69) is 29.4 Å². The van der Waals surface area contributed by atoms with Gasteiger partial charge in [0.2, 0.25) is 5.91 Å². The number of aryl methyl sites for hydroxylation is 2. The Kier molecular flexibility index (Phi) is 6.05. The van der Waals surface area contributed by atoms with Gasteiger partial charge in [0.15, 0.2) is 0 Å². The van der Waals surface area contributed by atoms with Gasteiger partial charge in [-0.3, -0.25) is 4.79 Å². The fraction of sp³-hybridized carbons (Fsp3) is 0.182. The number of imidazole rings is 1. The molecule has 0 aliphatic heterocycles. The van der Waals surface area contributed by atoms with Crippen LogP contribution in [0.3, 0.4) is 0 Å². The number of nitrogen functional groups attached to an aromatic ring is 1. The number of benzene rings is 2. The van der Waals surface area contributed by atoms with Crippen molar-refractivity contribution in [1.29, 1.82) is 0 Å². The van der Waals surface area contributed by atoms with Crippen LogP contribution in [0.15, 0.2) is 67.3 Å². The van der Waals surface area contributed by atoms with Crippen LogP contribution in [-0.2, 0) is 11.2 Å². The van der Waals surface area contributed by atoms with E-state index in [-0.39, 0.29) is 5.91 Å². The smallest absolute Gasteiger partial charge is 0.243 e. The van der Waals surface area contributed by atoms with Crippen LogP contribution in [0, 0.1) is 6.92 Å². The number of aromatic nitrogens is 2. The molecule has 0 fully saturated rings. The Balaban J connectivity index is 1.48. The molecule has 5 heteroatoms. The van der Waals surface area contributed by atoms with Gasteiger partial charge in [-0.15, -0.1) is 0 Å². The fourth-order valence-corrected chi connectivity index (χ4v) is 2.93. The zero-order valence-corrected chi connectivity index (χ0v) is 15.4. The van der Waals surface area contributed by atoms with Crippen molar-refractivity contribution in [3.05, 3.63) is 84.0 Å². The van der Waals surface area contributed by atoms with Crippen LogP contribution in [0.2, 0.25) is 0 Å². The number of anilines is 1. The average molecular weight is 360 g/mol. The molecule has 3 rings (SSSR count). The second-order valence-corrected chi connectivity index (χ2v) is 6.44. The number of carbonyl (C=O) groups is 1. The summed E-state index contributed by atoms with van der Waals surface area (Å²) in [6.07, 6.45) is 10.4. The zero-order valence-electron chi connectivity index (χ0n) is 15.4. The maximum atomic E-state index is 12.0. The Morgan fingerprint density at radius 3 is 2.85 bits per heavy atom. The van der Waals surface area contributed by atoms with E-state index in [1.54, 1.807) is 24.7 Å². The van der Waals surface area contributed by atoms with E-state index in [4.69, 9.17) is 5.73 Å². The van der Waals surface area contributed by atoms with Gasteiger partial charge < -0.3 is 15.6 Å². The monoisotopic (exact) mass is 360 g/mol. The molecule has 1 heterocycles. The molecule has 0 saturated carbocycles. The molecule has 138 valence electrons. The molecule has 0 aliphatic carbocycles. The minimum absolute atomic E-state index is 0.1000. The first-order chi connectivity index (χ1) is 13.1. The van der Waals surface area contributed by atoms with Gasteiger partial charge in [0, 0.05) is 25.0 Å². The summed E-state index contributed by atoms with van der Waals surface area (Å²) in [5.41, 5.74) is 11.1. The lowest BCUT2D eigenvalue weighted by atomic mass is 10.0. The maximum absolute atomic E-state index is 12.0. The number of nitrogens with one attached hydrogen (secondary N) is 1. The van der Waals surface area contributed by atoms with Gasteiger partial charge in [-0.2, -0.15) is 0 Å². The molecule has 2 aromatic carbocycles. The third-order valence-electron chi connectivity index (χ3n) is 4.44. The maximum Gasteiger partial charge on any atom is 0.243 e. The Morgan fingerprint density at radius 2 is 2.11 bits per heavy atom. The Bertz CT molecular complexity index is 929. The Labute approximate surface area is 159 Å². The summed E-state index contributed by atoms with van der Waals surface area (Å²) in [5.74, 6) is -0.1000. The number of nitrogens with zero attached hydrogens (tertiary/aromatic N) is 2. The summed E-state index contributed by atoms with van der Waals surface area (Å²) in [7, 11) is 0. The number of carbonyl (C=O) groups excluding carboxylic acids is 1. The molecule has 0 bridgehead atoms. The highest BCUT2D eigenvalue weighted by molar-refractivity contribution is 5.91. The van der Waals surface area contributed by atoms with Crippen LogP contribution in [0.5, 0.6) is 0 Å². The van der Waals surface area contributed by atoms with Crippen molar-refractivity contribution in [2.45, 2.75) is 19.8 Å². The first kappa shape index (κ1) is 18.5. The first-order valence-corrected chi connectivity index (χ1v) is 9.02. The molecule has 3 N–H and O–H groups in total. The average Bonchev–Trinajstić information content (AvgIpc) is 3.19. The molecule has 0 unspecified atom stereocenters. The second kappa shape index (κ2) is 8.85. The first-order valence-electron chi connectivity index (χ1n) is 9.02. The number of hydrogen-bond acceptors (Lipinski definition) is 3. The standard InChI is InChI=1S/C22H24N4O/c1-17-5-2-3-6-19(17)7-4-12-25-22(27)11-9-18-8-10-21(20(23)15-18)26-14-13-24-16-26/h2-3,5-6,8-11,13-16H,4,7,12,23H2,1H3,(H,25,27)/b11-9+. The third-order valence-corrected chi connectivity index (χ3v) is 4.44. The summed E-state index contributed by atoms with van der Waals surface area (Å²) >= 11 is 0. The zero-order chi connectivity index (χ0) is 19.1. The van der Waals surface area contributed by atoms with E-state index < -0.39 is 0 Å². The summed E-state index contributed by atoms with van der Waals surface area (Å²) in [4.78, 5) is 16.0. The van der Waals surface area contributed by atoms with Gasteiger partial charge in [0.1, 0.15) is 0 Å². The third kappa shape index (κ3) is 5.07. The van der Waals surface area contributed by atoms with Crippen LogP contribution < -0.4 is 11.1 Å². The lowest BCUT2D eigenvalue weighted by molar-refractivity contribution is -0.116. The molecule has 3 aromatic rings. The quantitative estimate of drug-likeness (QED) is 0.385. The van der Waals surface area contributed by atoms with Crippen molar-refractivity contribution in [3.63, 3.8) is 0 Å². The molecular weight excluding hydrogens is 336 g/mol. The topological polar surface area (TPSA) is 72.9 Å². The van der Waals surface area contributed by atoms with Crippen molar-refractivity contribution in [3.8, 4) is 5.69 Å². The van der Waals surface area contributed by atoms with Gasteiger partial charge in [-0.1, -0.05) is 30.3 Å². The van der Waals surface area contributed by atoms with Crippen molar-refractivity contribution in [1.82, 2.24) is 14.9 Å². The highest BCUT2D eigenvalue weighted by atomic mass is 16.1. The molecule has 27 heavy (non-hydrogen) atoms. The lowest BCUT2D eigenvalue weighted by Gasteiger charge is -2.07. The summed E-state index contributed by atoms with van der Waals surface area (Å²) in [6.45, 7) is 2.76. The van der Waals surface area contributed by atoms with Gasteiger partial charge >= 0.3 is 0 Å². The van der Waals surface area contributed by atoms with Crippen molar-refractivity contribution < 1.29 is 4.79 Å². The van der Waals surface area contributed by atoms with Crippen molar-refractivity contribution >= 4 is 17.7 Å². The van der Waals surface area contributed by atoms with E-state index in [1.165, 1.54) is 11.1 Å². The highest BCUT2D eigenvalue weighted by Crippen LogP contribution is 2.19. The Hall–Kier alpha value is -3.34. The lowest BCUT2D eigenvalue weighted by Crippen LogP contribution is -2.22. The number of nitrogens with two attached hydrogens (primary N) is 1. The molecule has 1 amide bonds. The summed E-state index contributed by atoms with van der Waals surface area (Å²) in [6, 6.07) is 14.0. The van der Waals surface area contributed by atoms with Gasteiger partial charge in [-0.25, -0.2) is 4.98 Å². The van der Waals surface area contributed by atoms with E-state index in [0.717, 1.165) is 24.1 Å². The predicted molar refractivity (Wildman–Crippen MR) is 110 cm³/mol.